The fourth-order valence-corrected chi connectivity index (χ4v) is 3.84. The van der Waals surface area contributed by atoms with Gasteiger partial charge in [0.1, 0.15) is 0 Å². The number of methoxy groups -OCH3 is 1. The molecule has 29 heavy (non-hydrogen) atoms. The first-order chi connectivity index (χ1) is 14.1. The van der Waals surface area contributed by atoms with Crippen molar-refractivity contribution < 1.29 is 14.6 Å². The molecule has 1 saturated heterocycles. The Kier molecular flexibility index (Phi) is 7.30. The molecule has 1 atom stereocenters. The summed E-state index contributed by atoms with van der Waals surface area (Å²) in [6.07, 6.45) is 9.11. The summed E-state index contributed by atoms with van der Waals surface area (Å²) in [6, 6.07) is 13.6. The minimum atomic E-state index is -0.181. The first kappa shape index (κ1) is 20.9. The number of nitrogens with zero attached hydrogens (tertiary/aromatic N) is 1. The van der Waals surface area contributed by atoms with Crippen LogP contribution < -0.4 is 10.1 Å². The van der Waals surface area contributed by atoms with E-state index >= 15 is 0 Å². The van der Waals surface area contributed by atoms with Gasteiger partial charge in [0.25, 0.3) is 0 Å². The van der Waals surface area contributed by atoms with Crippen molar-refractivity contribution in [3.8, 4) is 11.5 Å². The molecule has 1 aliphatic rings. The van der Waals surface area contributed by atoms with Crippen LogP contribution in [0, 0.1) is 0 Å². The van der Waals surface area contributed by atoms with Gasteiger partial charge in [0, 0.05) is 17.8 Å². The third-order valence-electron chi connectivity index (χ3n) is 5.57. The summed E-state index contributed by atoms with van der Waals surface area (Å²) in [6.45, 7) is 1.18. The zero-order valence-electron chi connectivity index (χ0n) is 17.2. The molecule has 1 fully saturated rings. The Morgan fingerprint density at radius 3 is 2.90 bits per heavy atom. The molecule has 0 radical (unpaired) electrons. The van der Waals surface area contributed by atoms with E-state index < -0.39 is 0 Å². The van der Waals surface area contributed by atoms with Gasteiger partial charge in [-0.2, -0.15) is 0 Å². The van der Waals surface area contributed by atoms with Gasteiger partial charge >= 0.3 is 0 Å². The molecule has 2 aromatic rings. The minimum absolute atomic E-state index is 0.0756. The van der Waals surface area contributed by atoms with Crippen molar-refractivity contribution in [3.05, 3.63) is 59.7 Å². The van der Waals surface area contributed by atoms with Gasteiger partial charge < -0.3 is 20.1 Å². The minimum Gasteiger partial charge on any atom is -0.504 e. The molecule has 0 bridgehead atoms. The van der Waals surface area contributed by atoms with E-state index in [-0.39, 0.29) is 11.7 Å². The first-order valence-electron chi connectivity index (χ1n) is 10.2. The number of anilines is 1. The molecule has 0 spiro atoms. The van der Waals surface area contributed by atoms with E-state index in [9.17, 15) is 9.90 Å². The molecular formula is C24H30N2O3. The number of likely N-dealkylation sites (tertiary alicyclic amines) is 1. The van der Waals surface area contributed by atoms with Crippen LogP contribution in [0.5, 0.6) is 11.5 Å². The largest absolute Gasteiger partial charge is 0.504 e. The number of carbonyl (C=O) groups is 1. The topological polar surface area (TPSA) is 61.8 Å². The molecule has 0 saturated carbocycles. The van der Waals surface area contributed by atoms with Gasteiger partial charge in [-0.3, -0.25) is 4.79 Å². The smallest absolute Gasteiger partial charge is 0.248 e. The molecule has 1 amide bonds. The van der Waals surface area contributed by atoms with E-state index in [0.29, 0.717) is 11.8 Å². The number of aromatic hydroxyl groups is 1. The number of carbonyl (C=O) groups excluding carboxylic acids is 1. The monoisotopic (exact) mass is 394 g/mol. The molecular weight excluding hydrogens is 364 g/mol. The quantitative estimate of drug-likeness (QED) is 0.680. The van der Waals surface area contributed by atoms with E-state index in [2.05, 4.69) is 23.3 Å². The SMILES string of the molecule is COc1cc(/C=C/C(=O)Nc2ccccc2CC[C@@H]2CCCCN2C)ccc1O. The van der Waals surface area contributed by atoms with E-state index in [1.165, 1.54) is 44.6 Å². The van der Waals surface area contributed by atoms with Crippen LogP contribution in [0.25, 0.3) is 6.08 Å². The van der Waals surface area contributed by atoms with Crippen LogP contribution in [0.2, 0.25) is 0 Å². The third-order valence-corrected chi connectivity index (χ3v) is 5.57. The molecule has 1 aliphatic heterocycles. The van der Waals surface area contributed by atoms with Gasteiger partial charge in [-0.25, -0.2) is 0 Å². The van der Waals surface area contributed by atoms with Crippen molar-refractivity contribution in [2.24, 2.45) is 0 Å². The number of aryl methyl sites for hydroxylation is 1. The van der Waals surface area contributed by atoms with Gasteiger partial charge in [-0.15, -0.1) is 0 Å². The summed E-state index contributed by atoms with van der Waals surface area (Å²) in [5.74, 6) is 0.275. The van der Waals surface area contributed by atoms with E-state index in [4.69, 9.17) is 4.74 Å². The number of ether oxygens (including phenoxy) is 1. The highest BCUT2D eigenvalue weighted by Crippen LogP contribution is 2.27. The zero-order valence-corrected chi connectivity index (χ0v) is 17.2. The fourth-order valence-electron chi connectivity index (χ4n) is 3.84. The van der Waals surface area contributed by atoms with Crippen LogP contribution in [0.1, 0.15) is 36.8 Å². The molecule has 5 nitrogen and oxygen atoms in total. The molecule has 2 aromatic carbocycles. The zero-order chi connectivity index (χ0) is 20.6. The molecule has 0 aliphatic carbocycles. The second-order valence-electron chi connectivity index (χ2n) is 7.58. The maximum absolute atomic E-state index is 12.4. The predicted octanol–water partition coefficient (Wildman–Crippen LogP) is 4.47. The highest BCUT2D eigenvalue weighted by molar-refractivity contribution is 6.02. The lowest BCUT2D eigenvalue weighted by atomic mass is 9.96. The number of phenolic OH excluding ortho intramolecular Hbond substituents is 1. The number of para-hydroxylation sites is 1. The number of hydrogen-bond donors (Lipinski definition) is 2. The van der Waals surface area contributed by atoms with Gasteiger partial charge in [0.15, 0.2) is 11.5 Å². The van der Waals surface area contributed by atoms with Crippen molar-refractivity contribution in [1.29, 1.82) is 0 Å². The van der Waals surface area contributed by atoms with Gasteiger partial charge in [-0.05, 0) is 74.7 Å². The number of benzene rings is 2. The Hall–Kier alpha value is -2.79. The maximum Gasteiger partial charge on any atom is 0.248 e. The Morgan fingerprint density at radius 2 is 2.10 bits per heavy atom. The Balaban J connectivity index is 1.61. The van der Waals surface area contributed by atoms with Crippen LogP contribution in [0.4, 0.5) is 5.69 Å². The number of rotatable bonds is 7. The lowest BCUT2D eigenvalue weighted by molar-refractivity contribution is -0.111. The second kappa shape index (κ2) is 10.1. The van der Waals surface area contributed by atoms with Crippen molar-refractivity contribution in [3.63, 3.8) is 0 Å². The number of nitrogens with one attached hydrogen (secondary N) is 1. The highest BCUT2D eigenvalue weighted by Gasteiger charge is 2.19. The standard InChI is InChI=1S/C24H30N2O3/c1-26-16-6-5-8-20(26)13-12-19-7-3-4-9-21(19)25-24(28)15-11-18-10-14-22(27)23(17-18)29-2/h3-4,7,9-11,14-15,17,20,27H,5-6,8,12-13,16H2,1-2H3,(H,25,28)/b15-11+/t20-/m0/s1. The summed E-state index contributed by atoms with van der Waals surface area (Å²) in [4.78, 5) is 14.9. The van der Waals surface area contributed by atoms with Crippen molar-refractivity contribution in [2.75, 3.05) is 26.0 Å². The number of amides is 1. The van der Waals surface area contributed by atoms with Crippen molar-refractivity contribution >= 4 is 17.7 Å². The van der Waals surface area contributed by atoms with E-state index in [1.807, 2.05) is 18.2 Å². The number of hydrogen-bond acceptors (Lipinski definition) is 4. The van der Waals surface area contributed by atoms with Crippen LogP contribution in [-0.2, 0) is 11.2 Å². The summed E-state index contributed by atoms with van der Waals surface area (Å²) >= 11 is 0. The Labute approximate surface area is 173 Å². The van der Waals surface area contributed by atoms with Gasteiger partial charge in [-0.1, -0.05) is 30.7 Å². The lowest BCUT2D eigenvalue weighted by Crippen LogP contribution is -2.36. The third kappa shape index (κ3) is 5.84. The molecule has 1 heterocycles. The second-order valence-corrected chi connectivity index (χ2v) is 7.58. The molecule has 2 N–H and O–H groups in total. The lowest BCUT2D eigenvalue weighted by Gasteiger charge is -2.32. The van der Waals surface area contributed by atoms with E-state index in [1.54, 1.807) is 24.3 Å². The molecule has 154 valence electrons. The average Bonchev–Trinajstić information content (AvgIpc) is 2.73. The van der Waals surface area contributed by atoms with Crippen molar-refractivity contribution in [1.82, 2.24) is 4.90 Å². The number of phenols is 1. The molecule has 0 aromatic heterocycles. The molecule has 3 rings (SSSR count). The van der Waals surface area contributed by atoms with Crippen LogP contribution >= 0.6 is 0 Å². The van der Waals surface area contributed by atoms with E-state index in [0.717, 1.165) is 24.1 Å². The normalized spacial score (nSPS) is 17.4. The van der Waals surface area contributed by atoms with Gasteiger partial charge in [0.05, 0.1) is 7.11 Å². The summed E-state index contributed by atoms with van der Waals surface area (Å²) in [5.41, 5.74) is 2.81. The highest BCUT2D eigenvalue weighted by atomic mass is 16.5. The Bertz CT molecular complexity index is 863. The van der Waals surface area contributed by atoms with Crippen molar-refractivity contribution in [2.45, 2.75) is 38.1 Å². The summed E-state index contributed by atoms with van der Waals surface area (Å²) in [5, 5.41) is 12.7. The predicted molar refractivity (Wildman–Crippen MR) is 117 cm³/mol. The van der Waals surface area contributed by atoms with Crippen LogP contribution in [0.15, 0.2) is 48.5 Å². The average molecular weight is 395 g/mol. The maximum atomic E-state index is 12.4. The summed E-state index contributed by atoms with van der Waals surface area (Å²) in [7, 11) is 3.71. The molecule has 5 heteroatoms. The number of piperidine rings is 1. The summed E-state index contributed by atoms with van der Waals surface area (Å²) < 4.78 is 5.10. The van der Waals surface area contributed by atoms with Crippen LogP contribution in [0.3, 0.4) is 0 Å². The molecule has 0 unspecified atom stereocenters. The van der Waals surface area contributed by atoms with Gasteiger partial charge in [0.2, 0.25) is 5.91 Å². The fraction of sp³-hybridized carbons (Fsp3) is 0.375. The van der Waals surface area contributed by atoms with Crippen LogP contribution in [-0.4, -0.2) is 42.7 Å². The Morgan fingerprint density at radius 1 is 1.28 bits per heavy atom. The first-order valence-corrected chi connectivity index (χ1v) is 10.2.